The summed E-state index contributed by atoms with van der Waals surface area (Å²) in [5.74, 6) is 0.213. The maximum absolute atomic E-state index is 14.6. The molecule has 1 aliphatic heterocycles. The number of hydrogen-bond acceptors (Lipinski definition) is 4. The average molecular weight is 508 g/mol. The Balaban J connectivity index is 1.58. The van der Waals surface area contributed by atoms with Crippen molar-refractivity contribution in [3.05, 3.63) is 96.9 Å². The summed E-state index contributed by atoms with van der Waals surface area (Å²) >= 11 is 6.15. The van der Waals surface area contributed by atoms with E-state index in [1.165, 1.54) is 23.3 Å². The van der Waals surface area contributed by atoms with E-state index in [2.05, 4.69) is 11.0 Å². The molecule has 0 spiro atoms. The molecule has 7 nitrogen and oxygen atoms in total. The van der Waals surface area contributed by atoms with Gasteiger partial charge in [-0.25, -0.2) is 9.18 Å². The van der Waals surface area contributed by atoms with Crippen LogP contribution in [0.25, 0.3) is 17.2 Å². The number of hydrogen-bond donors (Lipinski definition) is 0. The Hall–Kier alpha value is -3.65. The summed E-state index contributed by atoms with van der Waals surface area (Å²) in [7, 11) is 3.05. The highest BCUT2D eigenvalue weighted by Crippen LogP contribution is 2.27. The molecule has 0 amide bonds. The highest BCUT2D eigenvalue weighted by Gasteiger charge is 2.24. The lowest BCUT2D eigenvalue weighted by Crippen LogP contribution is -2.37. The Morgan fingerprint density at radius 1 is 1.03 bits per heavy atom. The van der Waals surface area contributed by atoms with Gasteiger partial charge >= 0.3 is 5.69 Å². The lowest BCUT2D eigenvalue weighted by atomic mass is 10.0. The number of anilines is 1. The molecule has 186 valence electrons. The number of aromatic nitrogens is 4. The van der Waals surface area contributed by atoms with Gasteiger partial charge in [-0.3, -0.25) is 18.5 Å². The first-order chi connectivity index (χ1) is 17.3. The Morgan fingerprint density at radius 3 is 2.61 bits per heavy atom. The quantitative estimate of drug-likeness (QED) is 0.412. The summed E-state index contributed by atoms with van der Waals surface area (Å²) in [6, 6.07) is 14.3. The van der Waals surface area contributed by atoms with E-state index in [9.17, 15) is 14.0 Å². The van der Waals surface area contributed by atoms with Gasteiger partial charge in [-0.15, -0.1) is 0 Å². The van der Waals surface area contributed by atoms with Crippen LogP contribution in [0.4, 0.5) is 10.3 Å². The van der Waals surface area contributed by atoms with Crippen LogP contribution in [0.3, 0.4) is 0 Å². The van der Waals surface area contributed by atoms with E-state index in [0.29, 0.717) is 28.7 Å². The van der Waals surface area contributed by atoms with Crippen LogP contribution in [0, 0.1) is 5.82 Å². The molecule has 0 atom stereocenters. The minimum absolute atomic E-state index is 0.133. The minimum Gasteiger partial charge on any atom is -0.342 e. The summed E-state index contributed by atoms with van der Waals surface area (Å²) in [5, 5.41) is 0.702. The first-order valence-electron chi connectivity index (χ1n) is 11.9. The summed E-state index contributed by atoms with van der Waals surface area (Å²) in [4.78, 5) is 32.7. The van der Waals surface area contributed by atoms with Crippen molar-refractivity contribution in [2.24, 2.45) is 14.1 Å². The number of nitrogens with zero attached hydrogens (tertiary/aromatic N) is 5. The van der Waals surface area contributed by atoms with Crippen LogP contribution in [0.5, 0.6) is 0 Å². The van der Waals surface area contributed by atoms with Gasteiger partial charge in [-0.2, -0.15) is 4.98 Å². The molecule has 2 aromatic heterocycles. The molecule has 36 heavy (non-hydrogen) atoms. The van der Waals surface area contributed by atoms with Crippen molar-refractivity contribution in [1.82, 2.24) is 18.7 Å². The smallest absolute Gasteiger partial charge is 0.332 e. The Kier molecular flexibility index (Phi) is 6.53. The van der Waals surface area contributed by atoms with Crippen molar-refractivity contribution >= 4 is 34.8 Å². The zero-order chi connectivity index (χ0) is 25.4. The monoisotopic (exact) mass is 507 g/mol. The second-order valence-electron chi connectivity index (χ2n) is 9.17. The molecular formula is C27H27ClFN5O2. The number of fused-ring (bicyclic) bond motifs is 1. The van der Waals surface area contributed by atoms with Crippen LogP contribution in [0.2, 0.25) is 5.02 Å². The summed E-state index contributed by atoms with van der Waals surface area (Å²) < 4.78 is 18.8. The zero-order valence-corrected chi connectivity index (χ0v) is 21.0. The van der Waals surface area contributed by atoms with Crippen molar-refractivity contribution < 1.29 is 4.39 Å². The first-order valence-corrected chi connectivity index (χ1v) is 12.3. The summed E-state index contributed by atoms with van der Waals surface area (Å²) in [6.07, 6.45) is 4.81. The second-order valence-corrected chi connectivity index (χ2v) is 9.60. The lowest BCUT2D eigenvalue weighted by Gasteiger charge is -2.22. The van der Waals surface area contributed by atoms with Gasteiger partial charge < -0.3 is 4.90 Å². The van der Waals surface area contributed by atoms with E-state index < -0.39 is 11.2 Å². The topological polar surface area (TPSA) is 65.1 Å². The van der Waals surface area contributed by atoms with Crippen LogP contribution >= 0.6 is 11.6 Å². The molecule has 0 N–H and O–H groups in total. The maximum atomic E-state index is 14.6. The molecule has 1 fully saturated rings. The number of benzene rings is 2. The predicted octanol–water partition coefficient (Wildman–Crippen LogP) is 4.35. The molecule has 5 rings (SSSR count). The van der Waals surface area contributed by atoms with Gasteiger partial charge in [0, 0.05) is 37.8 Å². The number of aryl methyl sites for hydroxylation is 1. The van der Waals surface area contributed by atoms with E-state index in [1.807, 2.05) is 24.3 Å². The molecular weight excluding hydrogens is 481 g/mol. The Bertz CT molecular complexity index is 1600. The average Bonchev–Trinajstić information content (AvgIpc) is 3.08. The van der Waals surface area contributed by atoms with Crippen LogP contribution in [-0.4, -0.2) is 31.8 Å². The zero-order valence-electron chi connectivity index (χ0n) is 20.2. The molecule has 0 saturated carbocycles. The third-order valence-electron chi connectivity index (χ3n) is 6.75. The van der Waals surface area contributed by atoms with Crippen molar-refractivity contribution in [3.63, 3.8) is 0 Å². The van der Waals surface area contributed by atoms with Crippen LogP contribution in [-0.2, 0) is 20.6 Å². The normalized spacial score (nSPS) is 15.6. The third-order valence-corrected chi connectivity index (χ3v) is 6.98. The molecule has 0 aliphatic carbocycles. The molecule has 2 aromatic carbocycles. The number of imidazole rings is 1. The second kappa shape index (κ2) is 9.78. The van der Waals surface area contributed by atoms with Gasteiger partial charge in [0.15, 0.2) is 11.2 Å². The van der Waals surface area contributed by atoms with Crippen LogP contribution in [0.1, 0.15) is 30.4 Å². The van der Waals surface area contributed by atoms with Crippen LogP contribution < -0.4 is 16.1 Å². The minimum atomic E-state index is -0.447. The summed E-state index contributed by atoms with van der Waals surface area (Å²) in [6.45, 7) is 1.54. The molecule has 3 heterocycles. The van der Waals surface area contributed by atoms with Gasteiger partial charge in [-0.05, 0) is 43.0 Å². The maximum Gasteiger partial charge on any atom is 0.332 e. The fourth-order valence-corrected chi connectivity index (χ4v) is 5.01. The fraction of sp³-hybridized carbons (Fsp3) is 0.296. The number of halogens is 2. The molecule has 9 heteroatoms. The molecule has 0 unspecified atom stereocenters. The van der Waals surface area contributed by atoms with Crippen molar-refractivity contribution in [1.29, 1.82) is 0 Å². The highest BCUT2D eigenvalue weighted by molar-refractivity contribution is 6.30. The fourth-order valence-electron chi connectivity index (χ4n) is 4.81. The SMILES string of the molecule is Cn1c(=O)c2c(nc(N3CCC/C(=C/c4cccc(Cl)c4)CC3)n2Cc2ccccc2F)n(C)c1=O. The van der Waals surface area contributed by atoms with Crippen LogP contribution in [0.15, 0.2) is 63.7 Å². The van der Waals surface area contributed by atoms with E-state index in [0.717, 1.165) is 35.9 Å². The lowest BCUT2D eigenvalue weighted by molar-refractivity contribution is 0.598. The standard InChI is InChI=1S/C27H27ClFN5O2/c1-31-24-23(25(35)32(2)27(31)36)34(17-20-9-3-4-11-22(20)29)26(30-24)33-13-6-8-18(12-14-33)15-19-7-5-10-21(28)16-19/h3-5,7,9-11,15-16H,6,8,12-14,17H2,1-2H3/b18-15-. The van der Waals surface area contributed by atoms with E-state index in [4.69, 9.17) is 16.6 Å². The van der Waals surface area contributed by atoms with E-state index in [1.54, 1.807) is 29.8 Å². The van der Waals surface area contributed by atoms with Gasteiger partial charge in [0.05, 0.1) is 6.54 Å². The first kappa shape index (κ1) is 24.1. The van der Waals surface area contributed by atoms with Gasteiger partial charge in [-0.1, -0.05) is 53.6 Å². The van der Waals surface area contributed by atoms with Gasteiger partial charge in [0.25, 0.3) is 5.56 Å². The Morgan fingerprint density at radius 2 is 1.83 bits per heavy atom. The van der Waals surface area contributed by atoms with E-state index >= 15 is 0 Å². The van der Waals surface area contributed by atoms with E-state index in [-0.39, 0.29) is 17.9 Å². The molecule has 1 aliphatic rings. The number of rotatable bonds is 4. The molecule has 4 aromatic rings. The van der Waals surface area contributed by atoms with Gasteiger partial charge in [0.2, 0.25) is 5.95 Å². The molecule has 0 radical (unpaired) electrons. The Labute approximate surface area is 212 Å². The molecule has 0 bridgehead atoms. The largest absolute Gasteiger partial charge is 0.342 e. The highest BCUT2D eigenvalue weighted by atomic mass is 35.5. The van der Waals surface area contributed by atoms with Crippen molar-refractivity contribution in [2.45, 2.75) is 25.8 Å². The van der Waals surface area contributed by atoms with Gasteiger partial charge in [0.1, 0.15) is 5.82 Å². The third kappa shape index (κ3) is 4.48. The predicted molar refractivity (Wildman–Crippen MR) is 141 cm³/mol. The summed E-state index contributed by atoms with van der Waals surface area (Å²) in [5.41, 5.74) is 2.52. The van der Waals surface area contributed by atoms with Crippen molar-refractivity contribution in [3.8, 4) is 0 Å². The molecule has 1 saturated heterocycles. The van der Waals surface area contributed by atoms with Crippen molar-refractivity contribution in [2.75, 3.05) is 18.0 Å².